The van der Waals surface area contributed by atoms with Gasteiger partial charge in [-0.3, -0.25) is 0 Å². The zero-order valence-electron chi connectivity index (χ0n) is 11.1. The maximum Gasteiger partial charge on any atom is 0.146 e. The molecule has 1 heterocycles. The van der Waals surface area contributed by atoms with Crippen molar-refractivity contribution >= 4 is 5.69 Å². The summed E-state index contributed by atoms with van der Waals surface area (Å²) in [6.45, 7) is 7.23. The smallest absolute Gasteiger partial charge is 0.146 e. The Kier molecular flexibility index (Phi) is 3.85. The van der Waals surface area contributed by atoms with Crippen molar-refractivity contribution in [3.05, 3.63) is 29.3 Å². The van der Waals surface area contributed by atoms with Crippen LogP contribution in [0.3, 0.4) is 0 Å². The number of benzene rings is 1. The molecule has 0 spiro atoms. The number of anilines is 1. The van der Waals surface area contributed by atoms with E-state index in [2.05, 4.69) is 19.2 Å². The molecule has 0 amide bonds. The van der Waals surface area contributed by atoms with Crippen LogP contribution in [0, 0.1) is 18.6 Å². The molecule has 0 bridgehead atoms. The van der Waals surface area contributed by atoms with Crippen LogP contribution in [0.25, 0.3) is 0 Å². The predicted octanol–water partition coefficient (Wildman–Crippen LogP) is 2.85. The van der Waals surface area contributed by atoms with E-state index in [1.165, 1.54) is 12.1 Å². The second-order valence-corrected chi connectivity index (χ2v) is 5.08. The molecule has 1 N–H and O–H groups in total. The van der Waals surface area contributed by atoms with Gasteiger partial charge in [-0.25, -0.2) is 8.78 Å². The third-order valence-corrected chi connectivity index (χ3v) is 3.62. The van der Waals surface area contributed by atoms with Crippen LogP contribution < -0.4 is 10.2 Å². The number of rotatable bonds is 2. The third-order valence-electron chi connectivity index (χ3n) is 3.62. The van der Waals surface area contributed by atoms with Gasteiger partial charge in [0.05, 0.1) is 5.69 Å². The lowest BCUT2D eigenvalue weighted by Gasteiger charge is -2.40. The van der Waals surface area contributed by atoms with Crippen LogP contribution in [0.5, 0.6) is 0 Å². The largest absolute Gasteiger partial charge is 0.363 e. The maximum atomic E-state index is 14.0. The normalized spacial score (nSPS) is 24.4. The highest BCUT2D eigenvalue weighted by atomic mass is 19.1. The van der Waals surface area contributed by atoms with Crippen LogP contribution in [-0.2, 0) is 0 Å². The second kappa shape index (κ2) is 5.22. The number of piperazine rings is 1. The molecule has 1 saturated heterocycles. The van der Waals surface area contributed by atoms with E-state index in [-0.39, 0.29) is 23.7 Å². The summed E-state index contributed by atoms with van der Waals surface area (Å²) in [5, 5.41) is 3.37. The molecular weight excluding hydrogens is 234 g/mol. The zero-order chi connectivity index (χ0) is 13.3. The Morgan fingerprint density at radius 1 is 1.33 bits per heavy atom. The fraction of sp³-hybridized carbons (Fsp3) is 0.571. The van der Waals surface area contributed by atoms with Crippen LogP contribution in [-0.4, -0.2) is 25.2 Å². The molecular formula is C14H20F2N2. The van der Waals surface area contributed by atoms with Gasteiger partial charge in [-0.05, 0) is 31.9 Å². The maximum absolute atomic E-state index is 14.0. The summed E-state index contributed by atoms with van der Waals surface area (Å²) in [7, 11) is 0. The highest BCUT2D eigenvalue weighted by molar-refractivity contribution is 5.51. The fourth-order valence-electron chi connectivity index (χ4n) is 2.47. The topological polar surface area (TPSA) is 15.3 Å². The molecule has 18 heavy (non-hydrogen) atoms. The van der Waals surface area contributed by atoms with E-state index in [1.54, 1.807) is 6.92 Å². The molecule has 0 aromatic heterocycles. The lowest BCUT2D eigenvalue weighted by Crippen LogP contribution is -2.55. The first-order valence-corrected chi connectivity index (χ1v) is 6.48. The van der Waals surface area contributed by atoms with Crippen molar-refractivity contribution in [2.75, 3.05) is 18.0 Å². The lowest BCUT2D eigenvalue weighted by molar-refractivity contribution is 0.397. The molecule has 0 aliphatic carbocycles. The number of nitrogens with zero attached hydrogens (tertiary/aromatic N) is 1. The van der Waals surface area contributed by atoms with E-state index in [0.717, 1.165) is 13.0 Å². The summed E-state index contributed by atoms with van der Waals surface area (Å²) in [6.07, 6.45) is 0.911. The zero-order valence-corrected chi connectivity index (χ0v) is 11.1. The summed E-state index contributed by atoms with van der Waals surface area (Å²) in [4.78, 5) is 1.99. The van der Waals surface area contributed by atoms with Crippen molar-refractivity contribution in [1.29, 1.82) is 0 Å². The average Bonchev–Trinajstić information content (AvgIpc) is 2.34. The van der Waals surface area contributed by atoms with E-state index in [4.69, 9.17) is 0 Å². The van der Waals surface area contributed by atoms with Gasteiger partial charge in [0, 0.05) is 31.2 Å². The Morgan fingerprint density at radius 2 is 2.06 bits per heavy atom. The molecule has 1 aromatic carbocycles. The molecule has 2 nitrogen and oxygen atoms in total. The Balaban J connectivity index is 2.36. The van der Waals surface area contributed by atoms with Crippen molar-refractivity contribution in [2.24, 2.45) is 0 Å². The first kappa shape index (κ1) is 13.3. The van der Waals surface area contributed by atoms with Crippen molar-refractivity contribution in [3.63, 3.8) is 0 Å². The van der Waals surface area contributed by atoms with E-state index in [0.29, 0.717) is 17.8 Å². The highest BCUT2D eigenvalue weighted by Gasteiger charge is 2.27. The molecule has 4 heteroatoms. The van der Waals surface area contributed by atoms with Gasteiger partial charge in [-0.15, -0.1) is 0 Å². The van der Waals surface area contributed by atoms with Gasteiger partial charge < -0.3 is 10.2 Å². The Bertz CT molecular complexity index is 434. The minimum Gasteiger partial charge on any atom is -0.363 e. The standard InChI is InChI=1S/C14H20F2N2/c1-4-11-7-17-10(3)8-18(11)14-6-12(15)9(2)5-13(14)16/h5-6,10-11,17H,4,7-8H2,1-3H3. The Hall–Kier alpha value is -1.16. The van der Waals surface area contributed by atoms with Crippen LogP contribution in [0.4, 0.5) is 14.5 Å². The minimum atomic E-state index is -0.340. The number of halogens is 2. The minimum absolute atomic E-state index is 0.220. The number of hydrogen-bond acceptors (Lipinski definition) is 2. The molecule has 1 aliphatic rings. The number of aryl methyl sites for hydroxylation is 1. The second-order valence-electron chi connectivity index (χ2n) is 5.08. The third kappa shape index (κ3) is 2.48. The molecule has 1 aliphatic heterocycles. The molecule has 1 aromatic rings. The molecule has 2 rings (SSSR count). The first-order valence-electron chi connectivity index (χ1n) is 6.48. The summed E-state index contributed by atoms with van der Waals surface area (Å²) in [5.74, 6) is -0.672. The van der Waals surface area contributed by atoms with E-state index >= 15 is 0 Å². The van der Waals surface area contributed by atoms with Gasteiger partial charge in [-0.2, -0.15) is 0 Å². The van der Waals surface area contributed by atoms with Gasteiger partial charge in [-0.1, -0.05) is 6.92 Å². The predicted molar refractivity (Wildman–Crippen MR) is 70.0 cm³/mol. The quantitative estimate of drug-likeness (QED) is 0.873. The summed E-state index contributed by atoms with van der Waals surface area (Å²) in [5.41, 5.74) is 0.741. The summed E-state index contributed by atoms with van der Waals surface area (Å²) in [6, 6.07) is 3.12. The summed E-state index contributed by atoms with van der Waals surface area (Å²) >= 11 is 0. The van der Waals surface area contributed by atoms with Crippen LogP contribution >= 0.6 is 0 Å². The molecule has 0 radical (unpaired) electrons. The molecule has 2 atom stereocenters. The number of nitrogens with one attached hydrogen (secondary N) is 1. The van der Waals surface area contributed by atoms with Gasteiger partial charge in [0.2, 0.25) is 0 Å². The van der Waals surface area contributed by atoms with Crippen LogP contribution in [0.1, 0.15) is 25.8 Å². The summed E-state index contributed by atoms with van der Waals surface area (Å²) < 4.78 is 27.7. The first-order chi connectivity index (χ1) is 8.52. The lowest BCUT2D eigenvalue weighted by atomic mass is 10.1. The van der Waals surface area contributed by atoms with Crippen molar-refractivity contribution in [1.82, 2.24) is 5.32 Å². The van der Waals surface area contributed by atoms with Crippen LogP contribution in [0.15, 0.2) is 12.1 Å². The van der Waals surface area contributed by atoms with Gasteiger partial charge in [0.25, 0.3) is 0 Å². The fourth-order valence-corrected chi connectivity index (χ4v) is 2.47. The van der Waals surface area contributed by atoms with E-state index in [9.17, 15) is 8.78 Å². The average molecular weight is 254 g/mol. The van der Waals surface area contributed by atoms with Gasteiger partial charge in [0.15, 0.2) is 0 Å². The molecule has 2 unspecified atom stereocenters. The highest BCUT2D eigenvalue weighted by Crippen LogP contribution is 2.27. The van der Waals surface area contributed by atoms with Gasteiger partial charge >= 0.3 is 0 Å². The Labute approximate surface area is 107 Å². The van der Waals surface area contributed by atoms with Crippen molar-refractivity contribution in [3.8, 4) is 0 Å². The van der Waals surface area contributed by atoms with Crippen LogP contribution in [0.2, 0.25) is 0 Å². The van der Waals surface area contributed by atoms with E-state index < -0.39 is 0 Å². The molecule has 1 fully saturated rings. The Morgan fingerprint density at radius 3 is 2.72 bits per heavy atom. The van der Waals surface area contributed by atoms with Gasteiger partial charge in [0.1, 0.15) is 11.6 Å². The van der Waals surface area contributed by atoms with Crippen molar-refractivity contribution < 1.29 is 8.78 Å². The monoisotopic (exact) mass is 254 g/mol. The molecule has 100 valence electrons. The number of hydrogen-bond donors (Lipinski definition) is 1. The van der Waals surface area contributed by atoms with E-state index in [1.807, 2.05) is 4.90 Å². The SMILES string of the molecule is CCC1CNC(C)CN1c1cc(F)c(C)cc1F. The molecule has 0 saturated carbocycles. The van der Waals surface area contributed by atoms with Crippen molar-refractivity contribution in [2.45, 2.75) is 39.3 Å².